The molecule has 0 radical (unpaired) electrons. The first-order valence-electron chi connectivity index (χ1n) is 10.6. The van der Waals surface area contributed by atoms with Gasteiger partial charge in [-0.1, -0.05) is 5.92 Å². The Labute approximate surface area is 197 Å². The number of thiocarbonyl (C=S) groups is 1. The maximum atomic E-state index is 5.96. The second-order valence-electron chi connectivity index (χ2n) is 8.03. The lowest BCUT2D eigenvalue weighted by atomic mass is 9.82. The van der Waals surface area contributed by atoms with Gasteiger partial charge in [-0.3, -0.25) is 10.3 Å². The van der Waals surface area contributed by atoms with Gasteiger partial charge in [0.2, 0.25) is 6.79 Å². The van der Waals surface area contributed by atoms with Crippen LogP contribution in [0.1, 0.15) is 33.9 Å². The monoisotopic (exact) mass is 464 g/mol. The zero-order chi connectivity index (χ0) is 22.9. The minimum absolute atomic E-state index is 0.101. The van der Waals surface area contributed by atoms with E-state index in [1.54, 1.807) is 13.3 Å². The third-order valence-electron chi connectivity index (χ3n) is 6.26. The summed E-state index contributed by atoms with van der Waals surface area (Å²) in [6.07, 6.45) is 8.89. The molecule has 0 fully saturated rings. The van der Waals surface area contributed by atoms with Crippen LogP contribution < -0.4 is 30.1 Å². The Bertz CT molecular complexity index is 1190. The van der Waals surface area contributed by atoms with Crippen LogP contribution in [0.15, 0.2) is 23.3 Å². The van der Waals surface area contributed by atoms with E-state index in [-0.39, 0.29) is 24.6 Å². The van der Waals surface area contributed by atoms with Crippen LogP contribution in [0, 0.1) is 12.3 Å². The van der Waals surface area contributed by atoms with E-state index in [4.69, 9.17) is 43.3 Å². The first-order valence-corrected chi connectivity index (χ1v) is 11.0. The maximum Gasteiger partial charge on any atom is 0.231 e. The Kier molecular flexibility index (Phi) is 5.70. The molecule has 0 aliphatic carbocycles. The molecule has 3 aliphatic rings. The first-order chi connectivity index (χ1) is 16.1. The highest BCUT2D eigenvalue weighted by atomic mass is 32.1. The summed E-state index contributed by atoms with van der Waals surface area (Å²) < 4.78 is 22.8. The summed E-state index contributed by atoms with van der Waals surface area (Å²) in [6, 6.07) is 6.35. The molecule has 1 atom stereocenters. The topological polar surface area (TPSA) is 90.6 Å². The lowest BCUT2D eigenvalue weighted by Crippen LogP contribution is -2.40. The summed E-state index contributed by atoms with van der Waals surface area (Å²) in [4.78, 5) is 2.46. The molecular weight excluding hydrogens is 440 g/mol. The number of nitrogens with one attached hydrogen (secondary N) is 1. The average molecular weight is 465 g/mol. The predicted molar refractivity (Wildman–Crippen MR) is 128 cm³/mol. The van der Waals surface area contributed by atoms with E-state index in [9.17, 15) is 0 Å². The minimum Gasteiger partial charge on any atom is -0.493 e. The Morgan fingerprint density at radius 2 is 2.18 bits per heavy atom. The van der Waals surface area contributed by atoms with E-state index in [2.05, 4.69) is 33.5 Å². The highest BCUT2D eigenvalue weighted by Gasteiger charge is 2.36. The zero-order valence-corrected chi connectivity index (χ0v) is 19.0. The Morgan fingerprint density at radius 1 is 1.36 bits per heavy atom. The summed E-state index contributed by atoms with van der Waals surface area (Å²) >= 11 is 4.87. The molecule has 3 aliphatic heterocycles. The summed E-state index contributed by atoms with van der Waals surface area (Å²) in [7, 11) is 1.62. The van der Waals surface area contributed by atoms with Crippen LogP contribution in [0.2, 0.25) is 0 Å². The van der Waals surface area contributed by atoms with Gasteiger partial charge >= 0.3 is 0 Å². The fourth-order valence-corrected chi connectivity index (χ4v) is 4.89. The summed E-state index contributed by atoms with van der Waals surface area (Å²) in [5.41, 5.74) is 13.8. The largest absolute Gasteiger partial charge is 0.493 e. The van der Waals surface area contributed by atoms with Crippen molar-refractivity contribution >= 4 is 23.5 Å². The molecule has 33 heavy (non-hydrogen) atoms. The highest BCUT2D eigenvalue weighted by Crippen LogP contribution is 2.47. The molecule has 0 saturated heterocycles. The third-order valence-corrected chi connectivity index (χ3v) is 6.35. The Hall–Kier alpha value is -3.48. The van der Waals surface area contributed by atoms with E-state index in [0.717, 1.165) is 47.6 Å². The van der Waals surface area contributed by atoms with Crippen LogP contribution in [0.5, 0.6) is 23.0 Å². The van der Waals surface area contributed by atoms with Crippen molar-refractivity contribution < 1.29 is 18.9 Å². The molecule has 2 aromatic carbocycles. The number of fused-ring (bicyclic) bond motifs is 5. The third kappa shape index (κ3) is 3.92. The molecule has 9 heteroatoms. The lowest BCUT2D eigenvalue weighted by Gasteiger charge is -2.42. The molecule has 0 aromatic heterocycles. The van der Waals surface area contributed by atoms with Gasteiger partial charge in [-0.2, -0.15) is 5.10 Å². The van der Waals surface area contributed by atoms with Crippen molar-refractivity contribution in [2.24, 2.45) is 10.8 Å². The molecule has 0 spiro atoms. The smallest absolute Gasteiger partial charge is 0.231 e. The van der Waals surface area contributed by atoms with Crippen molar-refractivity contribution in [1.82, 2.24) is 10.3 Å². The van der Waals surface area contributed by atoms with Gasteiger partial charge in [0.05, 0.1) is 13.3 Å². The van der Waals surface area contributed by atoms with Crippen molar-refractivity contribution in [2.45, 2.75) is 25.4 Å². The van der Waals surface area contributed by atoms with Crippen molar-refractivity contribution in [1.29, 1.82) is 0 Å². The number of nitrogens with zero attached hydrogens (tertiary/aromatic N) is 2. The first kappa shape index (κ1) is 21.4. The number of hydrogen-bond donors (Lipinski definition) is 2. The van der Waals surface area contributed by atoms with Gasteiger partial charge in [0, 0.05) is 30.3 Å². The van der Waals surface area contributed by atoms with Gasteiger partial charge in [0.25, 0.3) is 0 Å². The molecular formula is C24H24N4O4S. The summed E-state index contributed by atoms with van der Waals surface area (Å²) in [6.45, 7) is 2.06. The molecule has 0 saturated carbocycles. The summed E-state index contributed by atoms with van der Waals surface area (Å²) in [5, 5.41) is 4.29. The lowest BCUT2D eigenvalue weighted by molar-refractivity contribution is 0.157. The van der Waals surface area contributed by atoms with E-state index in [1.165, 1.54) is 11.1 Å². The molecule has 8 nitrogen and oxygen atoms in total. The van der Waals surface area contributed by atoms with Crippen LogP contribution in [0.3, 0.4) is 0 Å². The normalized spacial score (nSPS) is 18.1. The van der Waals surface area contributed by atoms with Gasteiger partial charge in [-0.15, -0.1) is 6.42 Å². The van der Waals surface area contributed by atoms with E-state index >= 15 is 0 Å². The van der Waals surface area contributed by atoms with Crippen molar-refractivity contribution in [3.63, 3.8) is 0 Å². The Morgan fingerprint density at radius 3 is 2.94 bits per heavy atom. The zero-order valence-electron chi connectivity index (χ0n) is 18.2. The standard InChI is InChI=1S/C24H24N4O4S/c1-3-6-30-23-18-12-28-5-4-14-7-20-21(32-13-31-20)10-17(14)19(28)9-16(18)15(8-22(23)29-2)11-26-27-24(25)33/h1,7-8,10-11,19H,4-6,9,12-13H2,2H3,(H3,25,27,33)/b26-11+. The number of ether oxygens (including phenoxy) is 4. The van der Waals surface area contributed by atoms with E-state index in [1.807, 2.05) is 6.07 Å². The fraction of sp³-hybridized carbons (Fsp3) is 0.333. The molecule has 0 bridgehead atoms. The fourth-order valence-electron chi connectivity index (χ4n) is 4.83. The number of nitrogens with two attached hydrogens (primary N) is 1. The molecule has 2 aromatic rings. The van der Waals surface area contributed by atoms with Gasteiger partial charge in [-0.25, -0.2) is 0 Å². The van der Waals surface area contributed by atoms with E-state index in [0.29, 0.717) is 18.0 Å². The molecule has 170 valence electrons. The Balaban J connectivity index is 1.59. The van der Waals surface area contributed by atoms with Crippen LogP contribution in [0.25, 0.3) is 0 Å². The average Bonchev–Trinajstić information content (AvgIpc) is 3.27. The second kappa shape index (κ2) is 8.81. The van der Waals surface area contributed by atoms with Gasteiger partial charge < -0.3 is 24.7 Å². The molecule has 5 rings (SSSR count). The highest BCUT2D eigenvalue weighted by molar-refractivity contribution is 7.80. The molecule has 3 heterocycles. The van der Waals surface area contributed by atoms with Crippen molar-refractivity contribution in [3.05, 3.63) is 46.0 Å². The quantitative estimate of drug-likeness (QED) is 0.301. The number of benzene rings is 2. The van der Waals surface area contributed by atoms with Gasteiger partial charge in [0.1, 0.15) is 6.61 Å². The van der Waals surface area contributed by atoms with Gasteiger partial charge in [0.15, 0.2) is 28.1 Å². The predicted octanol–water partition coefficient (Wildman–Crippen LogP) is 2.26. The summed E-state index contributed by atoms with van der Waals surface area (Å²) in [5.74, 6) is 5.46. The number of hydrazone groups is 1. The maximum absolute atomic E-state index is 5.96. The number of methoxy groups -OCH3 is 1. The van der Waals surface area contributed by atoms with E-state index < -0.39 is 0 Å². The molecule has 0 amide bonds. The minimum atomic E-state index is 0.101. The van der Waals surface area contributed by atoms with Crippen molar-refractivity contribution in [2.75, 3.05) is 27.1 Å². The SMILES string of the molecule is C#CCOc1c(OC)cc(/C=N/NC(N)=S)c2c1CN1CCc3cc4c(cc3C1C2)OCO4. The van der Waals surface area contributed by atoms with Gasteiger partial charge in [-0.05, 0) is 59.9 Å². The van der Waals surface area contributed by atoms with Crippen LogP contribution in [-0.2, 0) is 19.4 Å². The van der Waals surface area contributed by atoms with Crippen LogP contribution >= 0.6 is 12.2 Å². The van der Waals surface area contributed by atoms with Crippen LogP contribution in [-0.4, -0.2) is 43.3 Å². The van der Waals surface area contributed by atoms with Crippen LogP contribution in [0.4, 0.5) is 0 Å². The number of terminal acetylenes is 1. The number of hydrogen-bond acceptors (Lipinski definition) is 7. The second-order valence-corrected chi connectivity index (χ2v) is 8.47. The number of rotatable bonds is 5. The molecule has 3 N–H and O–H groups in total. The van der Waals surface area contributed by atoms with Crippen molar-refractivity contribution in [3.8, 4) is 35.3 Å². The molecule has 1 unspecified atom stereocenters.